The van der Waals surface area contributed by atoms with Gasteiger partial charge in [0.25, 0.3) is 0 Å². The molecule has 30 heavy (non-hydrogen) atoms. The second-order valence-electron chi connectivity index (χ2n) is 7.27. The van der Waals surface area contributed by atoms with Crippen molar-refractivity contribution in [2.45, 2.75) is 25.1 Å². The molecule has 1 aromatic carbocycles. The Balaban J connectivity index is 1.58. The van der Waals surface area contributed by atoms with E-state index in [0.717, 1.165) is 31.3 Å². The number of nitrogens with one attached hydrogen (secondary N) is 2. The highest BCUT2D eigenvalue weighted by atomic mass is 19.4. The van der Waals surface area contributed by atoms with Crippen LogP contribution in [0.1, 0.15) is 24.0 Å². The van der Waals surface area contributed by atoms with E-state index in [2.05, 4.69) is 15.3 Å². The zero-order chi connectivity index (χ0) is 21.5. The van der Waals surface area contributed by atoms with Crippen molar-refractivity contribution in [2.75, 3.05) is 35.6 Å². The van der Waals surface area contributed by atoms with E-state index in [-0.39, 0.29) is 29.4 Å². The number of nitrogens with two attached hydrogens (primary N) is 1. The summed E-state index contributed by atoms with van der Waals surface area (Å²) in [6.07, 6.45) is -2.02. The molecule has 0 unspecified atom stereocenters. The number of halogens is 3. The Labute approximate surface area is 170 Å². The minimum atomic E-state index is -4.47. The van der Waals surface area contributed by atoms with Crippen LogP contribution in [0.5, 0.6) is 0 Å². The lowest BCUT2D eigenvalue weighted by Gasteiger charge is -2.45. The molecule has 1 amide bonds. The van der Waals surface area contributed by atoms with Gasteiger partial charge in [-0.1, -0.05) is 6.07 Å². The van der Waals surface area contributed by atoms with Gasteiger partial charge in [-0.15, -0.1) is 0 Å². The smallest absolute Gasteiger partial charge is 0.368 e. The fourth-order valence-electron chi connectivity index (χ4n) is 3.73. The fraction of sp³-hybridized carbons (Fsp3) is 0.368. The molecular formula is C19H20F3N7O. The lowest BCUT2D eigenvalue weighted by Crippen LogP contribution is -2.60. The van der Waals surface area contributed by atoms with Crippen molar-refractivity contribution in [1.82, 2.24) is 14.9 Å². The number of benzene rings is 1. The van der Waals surface area contributed by atoms with Crippen LogP contribution in [0.15, 0.2) is 24.3 Å². The number of likely N-dealkylation sites (tertiary alicyclic amines) is 1. The maximum atomic E-state index is 13.0. The van der Waals surface area contributed by atoms with E-state index in [1.165, 1.54) is 12.1 Å². The molecule has 4 N–H and O–H groups in total. The summed E-state index contributed by atoms with van der Waals surface area (Å²) in [5, 5.41) is 10.6. The summed E-state index contributed by atoms with van der Waals surface area (Å²) in [5.41, 5.74) is 5.50. The van der Waals surface area contributed by atoms with Gasteiger partial charge in [-0.05, 0) is 24.6 Å². The molecule has 0 bridgehead atoms. The number of rotatable bonds is 5. The summed E-state index contributed by atoms with van der Waals surface area (Å²) in [6, 6.07) is 4.77. The molecule has 2 fully saturated rings. The molecule has 8 nitrogen and oxygen atoms in total. The first-order valence-electron chi connectivity index (χ1n) is 9.43. The van der Waals surface area contributed by atoms with Gasteiger partial charge in [0.2, 0.25) is 11.9 Å². The van der Waals surface area contributed by atoms with Gasteiger partial charge in [-0.25, -0.2) is 0 Å². The Hall–Kier alpha value is -3.37. The van der Waals surface area contributed by atoms with Gasteiger partial charge in [-0.2, -0.15) is 23.1 Å². The number of nitrogen functional groups attached to an aromatic ring is 1. The molecule has 2 aromatic rings. The second kappa shape index (κ2) is 7.47. The summed E-state index contributed by atoms with van der Waals surface area (Å²) in [7, 11) is 0. The van der Waals surface area contributed by atoms with Gasteiger partial charge in [0, 0.05) is 38.0 Å². The minimum absolute atomic E-state index is 0.0641. The predicted molar refractivity (Wildman–Crippen MR) is 106 cm³/mol. The highest BCUT2D eigenvalue weighted by molar-refractivity contribution is 5.93. The molecule has 2 saturated heterocycles. The molecule has 2 aliphatic heterocycles. The molecule has 3 heterocycles. The van der Waals surface area contributed by atoms with E-state index in [1.807, 2.05) is 9.80 Å². The number of amides is 1. The van der Waals surface area contributed by atoms with Gasteiger partial charge >= 0.3 is 6.18 Å². The summed E-state index contributed by atoms with van der Waals surface area (Å²) >= 11 is 0. The zero-order valence-corrected chi connectivity index (χ0v) is 15.9. The highest BCUT2D eigenvalue weighted by Gasteiger charge is 2.38. The van der Waals surface area contributed by atoms with E-state index >= 15 is 0 Å². The monoisotopic (exact) mass is 419 g/mol. The summed E-state index contributed by atoms with van der Waals surface area (Å²) < 4.78 is 39.0. The molecule has 0 aliphatic carbocycles. The van der Waals surface area contributed by atoms with Crippen LogP contribution in [-0.2, 0) is 11.0 Å². The summed E-state index contributed by atoms with van der Waals surface area (Å²) in [6.45, 7) is 1.83. The fourth-order valence-corrected chi connectivity index (χ4v) is 3.73. The average molecular weight is 419 g/mol. The minimum Gasteiger partial charge on any atom is -0.368 e. The van der Waals surface area contributed by atoms with Crippen LogP contribution >= 0.6 is 0 Å². The molecule has 4 rings (SSSR count). The van der Waals surface area contributed by atoms with Crippen LogP contribution in [0.3, 0.4) is 0 Å². The number of carbonyl (C=O) groups is 1. The van der Waals surface area contributed by atoms with E-state index in [9.17, 15) is 18.0 Å². The summed E-state index contributed by atoms with van der Waals surface area (Å²) in [5.74, 6) is 0.634. The molecule has 158 valence electrons. The van der Waals surface area contributed by atoms with Crippen molar-refractivity contribution in [3.63, 3.8) is 0 Å². The molecule has 1 aromatic heterocycles. The van der Waals surface area contributed by atoms with Crippen molar-refractivity contribution < 1.29 is 18.0 Å². The molecular weight excluding hydrogens is 399 g/mol. The largest absolute Gasteiger partial charge is 0.416 e. The van der Waals surface area contributed by atoms with Crippen molar-refractivity contribution >= 4 is 35.4 Å². The lowest BCUT2D eigenvalue weighted by molar-refractivity contribution is -0.137. The zero-order valence-electron chi connectivity index (χ0n) is 15.9. The summed E-state index contributed by atoms with van der Waals surface area (Å²) in [4.78, 5) is 24.0. The first kappa shape index (κ1) is 19.9. The SMILES string of the molecule is N=Cc1c(Nc2cccc(C(F)(F)F)c2)nc(N)nc1N1CC(N2CCCC2=O)C1. The van der Waals surface area contributed by atoms with Crippen LogP contribution in [0, 0.1) is 5.41 Å². The third kappa shape index (κ3) is 3.74. The van der Waals surface area contributed by atoms with Crippen LogP contribution in [0.4, 0.5) is 36.4 Å². The Morgan fingerprint density at radius 2 is 2.03 bits per heavy atom. The topological polar surface area (TPSA) is 111 Å². The van der Waals surface area contributed by atoms with E-state index in [1.54, 1.807) is 0 Å². The van der Waals surface area contributed by atoms with Gasteiger partial charge in [0.1, 0.15) is 11.6 Å². The van der Waals surface area contributed by atoms with Crippen molar-refractivity contribution in [3.8, 4) is 0 Å². The van der Waals surface area contributed by atoms with E-state index in [0.29, 0.717) is 30.9 Å². The molecule has 11 heteroatoms. The first-order valence-corrected chi connectivity index (χ1v) is 9.43. The van der Waals surface area contributed by atoms with E-state index < -0.39 is 11.7 Å². The lowest BCUT2D eigenvalue weighted by atomic mass is 10.1. The van der Waals surface area contributed by atoms with Crippen molar-refractivity contribution in [2.24, 2.45) is 0 Å². The Morgan fingerprint density at radius 3 is 2.67 bits per heavy atom. The van der Waals surface area contributed by atoms with Gasteiger partial charge in [0.05, 0.1) is 17.2 Å². The molecule has 0 spiro atoms. The van der Waals surface area contributed by atoms with Crippen LogP contribution in [0.2, 0.25) is 0 Å². The Bertz CT molecular complexity index is 989. The third-order valence-corrected chi connectivity index (χ3v) is 5.25. The quantitative estimate of drug-likeness (QED) is 0.643. The van der Waals surface area contributed by atoms with Crippen molar-refractivity contribution in [3.05, 3.63) is 35.4 Å². The number of aromatic nitrogens is 2. The third-order valence-electron chi connectivity index (χ3n) is 5.25. The molecule has 0 atom stereocenters. The van der Waals surface area contributed by atoms with Crippen LogP contribution < -0.4 is 16.0 Å². The molecule has 0 saturated carbocycles. The average Bonchev–Trinajstić information content (AvgIpc) is 3.06. The standard InChI is InChI=1S/C19H20F3N7O/c20-19(21,22)11-3-1-4-12(7-11)25-16-14(8-23)17(27-18(24)26-16)28-9-13(10-28)29-6-2-5-15(29)30/h1,3-4,7-8,13,23H,2,5-6,9-10H2,(H3,24,25,26,27). The first-order chi connectivity index (χ1) is 14.3. The molecule has 2 aliphatic rings. The van der Waals surface area contributed by atoms with Gasteiger partial charge in [0.15, 0.2) is 0 Å². The van der Waals surface area contributed by atoms with Crippen molar-refractivity contribution in [1.29, 1.82) is 5.41 Å². The number of hydrogen-bond donors (Lipinski definition) is 3. The number of anilines is 4. The van der Waals surface area contributed by atoms with Crippen LogP contribution in [0.25, 0.3) is 0 Å². The second-order valence-corrected chi connectivity index (χ2v) is 7.27. The number of hydrogen-bond acceptors (Lipinski definition) is 7. The number of nitrogens with zero attached hydrogens (tertiary/aromatic N) is 4. The predicted octanol–water partition coefficient (Wildman–Crippen LogP) is 2.63. The number of alkyl halides is 3. The van der Waals surface area contributed by atoms with E-state index in [4.69, 9.17) is 11.1 Å². The number of carbonyl (C=O) groups excluding carboxylic acids is 1. The Morgan fingerprint density at radius 1 is 1.27 bits per heavy atom. The maximum absolute atomic E-state index is 13.0. The normalized spacial score (nSPS) is 17.2. The van der Waals surface area contributed by atoms with Crippen LogP contribution in [-0.4, -0.2) is 52.7 Å². The highest BCUT2D eigenvalue weighted by Crippen LogP contribution is 2.34. The van der Waals surface area contributed by atoms with Gasteiger partial charge < -0.3 is 26.3 Å². The van der Waals surface area contributed by atoms with Gasteiger partial charge in [-0.3, -0.25) is 4.79 Å². The Kier molecular flexibility index (Phi) is 4.96. The molecule has 0 radical (unpaired) electrons. The maximum Gasteiger partial charge on any atom is 0.416 e.